The molecule has 12 heteroatoms. The van der Waals surface area contributed by atoms with E-state index in [1.54, 1.807) is 17.0 Å². The second-order valence-electron chi connectivity index (χ2n) is 9.78. The van der Waals surface area contributed by atoms with E-state index in [4.69, 9.17) is 32.7 Å². The number of nitrogens with one attached hydrogen (secondary N) is 1. The maximum atomic E-state index is 12.7. The molecule has 1 unspecified atom stereocenters. The molecule has 2 heterocycles. The Labute approximate surface area is 252 Å². The van der Waals surface area contributed by atoms with Gasteiger partial charge in [-0.15, -0.1) is 0 Å². The van der Waals surface area contributed by atoms with Gasteiger partial charge in [-0.3, -0.25) is 9.59 Å². The summed E-state index contributed by atoms with van der Waals surface area (Å²) in [5.74, 6) is -4.20. The van der Waals surface area contributed by atoms with Crippen LogP contribution in [0.25, 0.3) is 0 Å². The highest BCUT2D eigenvalue weighted by molar-refractivity contribution is 6.36. The summed E-state index contributed by atoms with van der Waals surface area (Å²) in [6, 6.07) is 11.8. The van der Waals surface area contributed by atoms with Crippen molar-refractivity contribution >= 4 is 47.0 Å². The Morgan fingerprint density at radius 2 is 1.64 bits per heavy atom. The molecule has 4 rings (SSSR count). The number of dihydropyridines is 1. The third-order valence-electron chi connectivity index (χ3n) is 7.23. The fourth-order valence-corrected chi connectivity index (χ4v) is 5.88. The number of hydrogen-bond donors (Lipinski definition) is 3. The maximum Gasteiger partial charge on any atom is 0.334 e. The Morgan fingerprint density at radius 3 is 2.26 bits per heavy atom. The summed E-state index contributed by atoms with van der Waals surface area (Å²) in [6.07, 6.45) is 1.38. The van der Waals surface area contributed by atoms with Crippen LogP contribution in [0.1, 0.15) is 42.7 Å². The van der Waals surface area contributed by atoms with E-state index in [1.807, 2.05) is 18.2 Å². The zero-order valence-electron chi connectivity index (χ0n) is 22.8. The van der Waals surface area contributed by atoms with Gasteiger partial charge in [0.25, 0.3) is 0 Å². The zero-order chi connectivity index (χ0) is 30.4. The van der Waals surface area contributed by atoms with E-state index in [1.165, 1.54) is 19.2 Å². The van der Waals surface area contributed by atoms with Gasteiger partial charge in [0.15, 0.2) is 0 Å². The molecule has 222 valence electrons. The number of nitrogens with zero attached hydrogens (tertiary/aromatic N) is 1. The molecule has 0 bridgehead atoms. The number of carbonyl (C=O) groups is 4. The first-order chi connectivity index (χ1) is 20.1. The van der Waals surface area contributed by atoms with Crippen LogP contribution in [0.3, 0.4) is 0 Å². The van der Waals surface area contributed by atoms with Gasteiger partial charge in [-0.2, -0.15) is 0 Å². The molecule has 42 heavy (non-hydrogen) atoms. The minimum absolute atomic E-state index is 0.0184. The van der Waals surface area contributed by atoms with Gasteiger partial charge in [-0.25, -0.2) is 9.59 Å². The zero-order valence-corrected chi connectivity index (χ0v) is 24.3. The molecule has 0 spiro atoms. The lowest BCUT2D eigenvalue weighted by Crippen LogP contribution is -2.34. The molecule has 0 aliphatic carbocycles. The predicted octanol–water partition coefficient (Wildman–Crippen LogP) is 4.55. The van der Waals surface area contributed by atoms with E-state index in [2.05, 4.69) is 5.32 Å². The smallest absolute Gasteiger partial charge is 0.334 e. The Balaban J connectivity index is 1.69. The van der Waals surface area contributed by atoms with Crippen molar-refractivity contribution in [1.29, 1.82) is 0 Å². The van der Waals surface area contributed by atoms with Gasteiger partial charge in [0.1, 0.15) is 12.4 Å². The molecule has 2 aliphatic rings. The summed E-state index contributed by atoms with van der Waals surface area (Å²) in [6.45, 7) is 1.46. The van der Waals surface area contributed by atoms with Crippen LogP contribution in [0.2, 0.25) is 10.0 Å². The molecule has 3 N–H and O–H groups in total. The van der Waals surface area contributed by atoms with E-state index >= 15 is 0 Å². The number of halogens is 2. The number of esters is 1. The van der Waals surface area contributed by atoms with Crippen LogP contribution in [0.5, 0.6) is 5.75 Å². The van der Waals surface area contributed by atoms with Crippen LogP contribution >= 0.6 is 23.2 Å². The van der Waals surface area contributed by atoms with Crippen molar-refractivity contribution in [3.63, 3.8) is 0 Å². The topological polar surface area (TPSA) is 142 Å². The van der Waals surface area contributed by atoms with Crippen molar-refractivity contribution in [1.82, 2.24) is 10.2 Å². The molecule has 0 aromatic heterocycles. The molecule has 0 radical (unpaired) electrons. The van der Waals surface area contributed by atoms with Crippen molar-refractivity contribution in [3.05, 3.63) is 86.2 Å². The first-order valence-corrected chi connectivity index (χ1v) is 14.1. The maximum absolute atomic E-state index is 12.7. The van der Waals surface area contributed by atoms with Gasteiger partial charge in [0, 0.05) is 40.0 Å². The lowest BCUT2D eigenvalue weighted by molar-refractivity contribution is -0.139. The van der Waals surface area contributed by atoms with Crippen LogP contribution in [0.15, 0.2) is 65.0 Å². The van der Waals surface area contributed by atoms with E-state index in [9.17, 15) is 29.4 Å². The summed E-state index contributed by atoms with van der Waals surface area (Å²) >= 11 is 12.9. The van der Waals surface area contributed by atoms with E-state index < -0.39 is 30.2 Å². The molecular weight excluding hydrogens is 587 g/mol. The second kappa shape index (κ2) is 13.8. The fourth-order valence-electron chi connectivity index (χ4n) is 5.26. The number of hydrogen-bond acceptors (Lipinski definition) is 7. The number of carboxylic acids is 2. The third-order valence-corrected chi connectivity index (χ3v) is 7.89. The number of ether oxygens (including phenoxy) is 2. The van der Waals surface area contributed by atoms with E-state index in [0.717, 1.165) is 12.0 Å². The highest BCUT2D eigenvalue weighted by Gasteiger charge is 2.41. The van der Waals surface area contributed by atoms with E-state index in [0.29, 0.717) is 38.3 Å². The molecular formula is C30H30Cl2N2O8. The Morgan fingerprint density at radius 1 is 0.976 bits per heavy atom. The summed E-state index contributed by atoms with van der Waals surface area (Å²) in [7, 11) is 1.17. The molecule has 2 aromatic carbocycles. The first kappa shape index (κ1) is 30.9. The summed E-state index contributed by atoms with van der Waals surface area (Å²) in [5, 5.41) is 23.7. The van der Waals surface area contributed by atoms with Crippen LogP contribution in [-0.2, 0) is 30.3 Å². The number of carboxylic acid groups (broad SMARTS) is 2. The Kier molecular flexibility index (Phi) is 10.1. The first-order valence-electron chi connectivity index (χ1n) is 13.3. The van der Waals surface area contributed by atoms with Crippen LogP contribution < -0.4 is 10.1 Å². The van der Waals surface area contributed by atoms with Gasteiger partial charge in [-0.05, 0) is 43.0 Å². The number of para-hydroxylation sites is 1. The molecule has 1 amide bonds. The molecule has 2 aliphatic heterocycles. The largest absolute Gasteiger partial charge is 0.491 e. The normalized spacial score (nSPS) is 16.9. The van der Waals surface area contributed by atoms with Gasteiger partial charge < -0.3 is 29.9 Å². The minimum Gasteiger partial charge on any atom is -0.491 e. The number of benzene rings is 2. The van der Waals surface area contributed by atoms with Crippen molar-refractivity contribution in [2.45, 2.75) is 38.0 Å². The number of amides is 1. The molecule has 1 saturated heterocycles. The van der Waals surface area contributed by atoms with Crippen molar-refractivity contribution in [2.24, 2.45) is 0 Å². The highest BCUT2D eigenvalue weighted by atomic mass is 35.5. The van der Waals surface area contributed by atoms with Crippen molar-refractivity contribution in [2.75, 3.05) is 26.8 Å². The van der Waals surface area contributed by atoms with Gasteiger partial charge in [-0.1, -0.05) is 47.5 Å². The molecule has 10 nitrogen and oxygen atoms in total. The van der Waals surface area contributed by atoms with Crippen molar-refractivity contribution in [3.8, 4) is 5.75 Å². The Bertz CT molecular complexity index is 1450. The average molecular weight is 617 g/mol. The SMILES string of the molecule is COC(=O)CC1=C(C(=O)O)C(c2c(Cl)cccc2Cl)C(C(=O)O)=C(CCc2ccccc2OCCN2CCCC2=O)N1. The number of methoxy groups -OCH3 is 1. The molecule has 0 saturated carbocycles. The predicted molar refractivity (Wildman–Crippen MR) is 154 cm³/mol. The van der Waals surface area contributed by atoms with Crippen LogP contribution in [-0.4, -0.2) is 65.7 Å². The lowest BCUT2D eigenvalue weighted by atomic mass is 9.78. The van der Waals surface area contributed by atoms with Crippen molar-refractivity contribution < 1.29 is 38.9 Å². The second-order valence-corrected chi connectivity index (χ2v) is 10.6. The quantitative estimate of drug-likeness (QED) is 0.292. The highest BCUT2D eigenvalue weighted by Crippen LogP contribution is 2.45. The lowest BCUT2D eigenvalue weighted by Gasteiger charge is -2.32. The number of allylic oxidation sites excluding steroid dienone is 1. The van der Waals surface area contributed by atoms with E-state index in [-0.39, 0.29) is 50.5 Å². The summed E-state index contributed by atoms with van der Waals surface area (Å²) in [4.78, 5) is 51.3. The van der Waals surface area contributed by atoms with Crippen LogP contribution in [0, 0.1) is 0 Å². The molecule has 1 fully saturated rings. The minimum atomic E-state index is -1.43. The molecule has 2 aromatic rings. The number of likely N-dealkylation sites (tertiary alicyclic amines) is 1. The number of carbonyl (C=O) groups excluding carboxylic acids is 2. The fraction of sp³-hybridized carbons (Fsp3) is 0.333. The Hall–Kier alpha value is -4.02. The standard InChI is InChI=1S/C30H30Cl2N2O8/c1-41-24(36)16-21-27(30(39)40)28(25-18(31)7-4-8-19(25)32)26(29(37)38)20(33-21)12-11-17-6-2-3-9-22(17)42-15-14-34-13-5-10-23(34)35/h2-4,6-9,28,33H,5,10-16H2,1H3,(H,37,38)(H,39,40). The van der Waals surface area contributed by atoms with Crippen LogP contribution in [0.4, 0.5) is 0 Å². The third kappa shape index (κ3) is 6.88. The number of aliphatic carboxylic acids is 2. The van der Waals surface area contributed by atoms with Gasteiger partial charge in [0.05, 0.1) is 37.1 Å². The number of rotatable bonds is 12. The van der Waals surface area contributed by atoms with Gasteiger partial charge >= 0.3 is 17.9 Å². The monoisotopic (exact) mass is 616 g/mol. The van der Waals surface area contributed by atoms with Gasteiger partial charge in [0.2, 0.25) is 5.91 Å². The average Bonchev–Trinajstić information content (AvgIpc) is 3.36. The molecule has 1 atom stereocenters. The number of aryl methyl sites for hydroxylation is 1. The summed E-state index contributed by atoms with van der Waals surface area (Å²) in [5.41, 5.74) is 0.454. The summed E-state index contributed by atoms with van der Waals surface area (Å²) < 4.78 is 10.8.